The second kappa shape index (κ2) is 8.92. The minimum absolute atomic E-state index is 0.199. The van der Waals surface area contributed by atoms with Crippen molar-refractivity contribution in [3.8, 4) is 0 Å². The number of hydrogen-bond donors (Lipinski definition) is 2. The first-order valence-electron chi connectivity index (χ1n) is 9.02. The standard InChI is InChI=1S/C19H24F2N2O4/c1-3-11(2)16(19(26)27)22-17(24)12-6-8-23(9-7-12)18(25)14-5-4-13(20)10-15(14)21/h4-5,10-12,16H,3,6-9H2,1-2H3,(H,22,24)(H,26,27)/t11-,16-/m0/s1. The molecule has 0 spiro atoms. The summed E-state index contributed by atoms with van der Waals surface area (Å²) in [6.45, 7) is 4.10. The summed E-state index contributed by atoms with van der Waals surface area (Å²) in [5.41, 5.74) is -0.206. The first-order chi connectivity index (χ1) is 12.7. The lowest BCUT2D eigenvalue weighted by atomic mass is 9.93. The van der Waals surface area contributed by atoms with Crippen LogP contribution in [-0.4, -0.2) is 46.9 Å². The monoisotopic (exact) mass is 382 g/mol. The summed E-state index contributed by atoms with van der Waals surface area (Å²) >= 11 is 0. The number of halogens is 2. The van der Waals surface area contributed by atoms with Gasteiger partial charge in [0, 0.05) is 25.1 Å². The average molecular weight is 382 g/mol. The van der Waals surface area contributed by atoms with Gasteiger partial charge in [-0.15, -0.1) is 0 Å². The SMILES string of the molecule is CC[C@H](C)[C@H](NC(=O)C1CCN(C(=O)c2ccc(F)cc2F)CC1)C(=O)O. The molecule has 27 heavy (non-hydrogen) atoms. The van der Waals surface area contributed by atoms with E-state index >= 15 is 0 Å². The van der Waals surface area contributed by atoms with Crippen molar-refractivity contribution >= 4 is 17.8 Å². The molecule has 1 aliphatic heterocycles. The maximum absolute atomic E-state index is 13.8. The zero-order valence-electron chi connectivity index (χ0n) is 15.4. The number of carboxylic acid groups (broad SMARTS) is 1. The summed E-state index contributed by atoms with van der Waals surface area (Å²) in [5.74, 6) is -4.24. The molecule has 0 aromatic heterocycles. The predicted molar refractivity (Wildman–Crippen MR) is 94.0 cm³/mol. The Balaban J connectivity index is 1.95. The summed E-state index contributed by atoms with van der Waals surface area (Å²) < 4.78 is 26.8. The normalized spacial score (nSPS) is 17.3. The third-order valence-electron chi connectivity index (χ3n) is 5.09. The van der Waals surface area contributed by atoms with Gasteiger partial charge >= 0.3 is 5.97 Å². The van der Waals surface area contributed by atoms with Crippen molar-refractivity contribution in [1.29, 1.82) is 0 Å². The van der Waals surface area contributed by atoms with Gasteiger partial charge < -0.3 is 15.3 Å². The molecule has 2 amide bonds. The smallest absolute Gasteiger partial charge is 0.326 e. The van der Waals surface area contributed by atoms with E-state index in [1.807, 2.05) is 6.92 Å². The largest absolute Gasteiger partial charge is 0.480 e. The number of rotatable bonds is 6. The number of piperidine rings is 1. The van der Waals surface area contributed by atoms with E-state index in [9.17, 15) is 28.3 Å². The van der Waals surface area contributed by atoms with Crippen molar-refractivity contribution in [2.45, 2.75) is 39.2 Å². The third kappa shape index (κ3) is 5.02. The van der Waals surface area contributed by atoms with Crippen LogP contribution in [0.25, 0.3) is 0 Å². The van der Waals surface area contributed by atoms with Gasteiger partial charge in [-0.3, -0.25) is 9.59 Å². The van der Waals surface area contributed by atoms with Crippen molar-refractivity contribution in [3.63, 3.8) is 0 Å². The highest BCUT2D eigenvalue weighted by Crippen LogP contribution is 2.21. The third-order valence-corrected chi connectivity index (χ3v) is 5.09. The maximum atomic E-state index is 13.8. The Morgan fingerprint density at radius 1 is 1.26 bits per heavy atom. The van der Waals surface area contributed by atoms with E-state index < -0.39 is 35.5 Å². The number of carbonyl (C=O) groups excluding carboxylic acids is 2. The quantitative estimate of drug-likeness (QED) is 0.791. The Labute approximate surface area is 156 Å². The first kappa shape index (κ1) is 20.8. The molecule has 148 valence electrons. The van der Waals surface area contributed by atoms with Crippen LogP contribution in [0.4, 0.5) is 8.78 Å². The second-order valence-electron chi connectivity index (χ2n) is 6.90. The fourth-order valence-corrected chi connectivity index (χ4v) is 3.13. The van der Waals surface area contributed by atoms with Crippen molar-refractivity contribution in [2.24, 2.45) is 11.8 Å². The summed E-state index contributed by atoms with van der Waals surface area (Å²) in [5, 5.41) is 11.9. The average Bonchev–Trinajstić information content (AvgIpc) is 2.64. The molecule has 2 rings (SSSR count). The maximum Gasteiger partial charge on any atom is 0.326 e. The molecule has 0 unspecified atom stereocenters. The van der Waals surface area contributed by atoms with Gasteiger partial charge in [-0.25, -0.2) is 13.6 Å². The lowest BCUT2D eigenvalue weighted by Crippen LogP contribution is -2.49. The Kier molecular flexibility index (Phi) is 6.87. The molecule has 1 aliphatic rings. The lowest BCUT2D eigenvalue weighted by molar-refractivity contribution is -0.144. The minimum Gasteiger partial charge on any atom is -0.480 e. The number of amides is 2. The molecule has 1 fully saturated rings. The number of hydrogen-bond acceptors (Lipinski definition) is 3. The topological polar surface area (TPSA) is 86.7 Å². The number of nitrogens with zero attached hydrogens (tertiary/aromatic N) is 1. The van der Waals surface area contributed by atoms with Crippen LogP contribution in [0.15, 0.2) is 18.2 Å². The zero-order chi connectivity index (χ0) is 20.1. The fourth-order valence-electron chi connectivity index (χ4n) is 3.13. The van der Waals surface area contributed by atoms with Crippen LogP contribution in [0, 0.1) is 23.5 Å². The number of aliphatic carboxylic acids is 1. The van der Waals surface area contributed by atoms with Crippen LogP contribution >= 0.6 is 0 Å². The molecule has 8 heteroatoms. The molecule has 0 bridgehead atoms. The van der Waals surface area contributed by atoms with E-state index in [0.717, 1.165) is 12.1 Å². The van der Waals surface area contributed by atoms with Crippen LogP contribution in [0.3, 0.4) is 0 Å². The van der Waals surface area contributed by atoms with Crippen molar-refractivity contribution in [3.05, 3.63) is 35.4 Å². The molecule has 2 atom stereocenters. The molecule has 6 nitrogen and oxygen atoms in total. The summed E-state index contributed by atoms with van der Waals surface area (Å²) in [7, 11) is 0. The number of likely N-dealkylation sites (tertiary alicyclic amines) is 1. The van der Waals surface area contributed by atoms with Gasteiger partial charge in [0.05, 0.1) is 5.56 Å². The number of benzene rings is 1. The summed E-state index contributed by atoms with van der Waals surface area (Å²) in [6, 6.07) is 1.84. The van der Waals surface area contributed by atoms with Crippen LogP contribution in [0.1, 0.15) is 43.5 Å². The van der Waals surface area contributed by atoms with Crippen molar-refractivity contribution in [2.75, 3.05) is 13.1 Å². The van der Waals surface area contributed by atoms with Gasteiger partial charge in [-0.05, 0) is 30.9 Å². The van der Waals surface area contributed by atoms with E-state index in [1.165, 1.54) is 4.90 Å². The molecule has 2 N–H and O–H groups in total. The molecule has 0 radical (unpaired) electrons. The second-order valence-corrected chi connectivity index (χ2v) is 6.90. The lowest BCUT2D eigenvalue weighted by Gasteiger charge is -2.32. The molecule has 1 saturated heterocycles. The van der Waals surface area contributed by atoms with Crippen LogP contribution in [-0.2, 0) is 9.59 Å². The fraction of sp³-hybridized carbons (Fsp3) is 0.526. The Morgan fingerprint density at radius 3 is 2.41 bits per heavy atom. The Morgan fingerprint density at radius 2 is 1.89 bits per heavy atom. The Hall–Kier alpha value is -2.51. The first-order valence-corrected chi connectivity index (χ1v) is 9.02. The molecule has 1 aromatic rings. The predicted octanol–water partition coefficient (Wildman–Crippen LogP) is 2.43. The van der Waals surface area contributed by atoms with Crippen LogP contribution in [0.5, 0.6) is 0 Å². The highest BCUT2D eigenvalue weighted by Gasteiger charge is 2.32. The van der Waals surface area contributed by atoms with E-state index in [4.69, 9.17) is 0 Å². The van der Waals surface area contributed by atoms with Gasteiger partial charge in [0.2, 0.25) is 5.91 Å². The van der Waals surface area contributed by atoms with Crippen molar-refractivity contribution in [1.82, 2.24) is 10.2 Å². The highest BCUT2D eigenvalue weighted by atomic mass is 19.1. The van der Waals surface area contributed by atoms with E-state index in [1.54, 1.807) is 6.92 Å². The Bertz CT molecular complexity index is 718. The highest BCUT2D eigenvalue weighted by molar-refractivity contribution is 5.94. The van der Waals surface area contributed by atoms with E-state index in [-0.39, 0.29) is 30.5 Å². The molecule has 0 aliphatic carbocycles. The van der Waals surface area contributed by atoms with Gasteiger partial charge in [-0.1, -0.05) is 20.3 Å². The molecule has 1 aromatic carbocycles. The van der Waals surface area contributed by atoms with Crippen LogP contribution in [0.2, 0.25) is 0 Å². The molecule has 1 heterocycles. The van der Waals surface area contributed by atoms with Crippen LogP contribution < -0.4 is 5.32 Å². The molecular weight excluding hydrogens is 358 g/mol. The minimum atomic E-state index is -1.07. The number of carboxylic acids is 1. The van der Waals surface area contributed by atoms with Crippen molar-refractivity contribution < 1.29 is 28.3 Å². The summed E-state index contributed by atoms with van der Waals surface area (Å²) in [4.78, 5) is 37.5. The summed E-state index contributed by atoms with van der Waals surface area (Å²) in [6.07, 6.45) is 1.33. The number of carbonyl (C=O) groups is 3. The van der Waals surface area contributed by atoms with Gasteiger partial charge in [0.25, 0.3) is 5.91 Å². The molecular formula is C19H24F2N2O4. The van der Waals surface area contributed by atoms with E-state index in [0.29, 0.717) is 25.3 Å². The zero-order valence-corrected chi connectivity index (χ0v) is 15.4. The van der Waals surface area contributed by atoms with Gasteiger partial charge in [0.15, 0.2) is 0 Å². The number of nitrogens with one attached hydrogen (secondary N) is 1. The van der Waals surface area contributed by atoms with Gasteiger partial charge in [-0.2, -0.15) is 0 Å². The molecule has 0 saturated carbocycles. The van der Waals surface area contributed by atoms with E-state index in [2.05, 4.69) is 5.32 Å². The van der Waals surface area contributed by atoms with Gasteiger partial charge in [0.1, 0.15) is 17.7 Å².